The van der Waals surface area contributed by atoms with E-state index >= 15 is 0 Å². The predicted octanol–water partition coefficient (Wildman–Crippen LogP) is -1.98. The average molecular weight is 361 g/mol. The lowest BCUT2D eigenvalue weighted by atomic mass is 10.0. The van der Waals surface area contributed by atoms with Crippen molar-refractivity contribution in [2.24, 2.45) is 0 Å². The summed E-state index contributed by atoms with van der Waals surface area (Å²) in [6.07, 6.45) is -1.65. The summed E-state index contributed by atoms with van der Waals surface area (Å²) in [5.41, 5.74) is 4.71. The molecule has 132 valence electrons. The van der Waals surface area contributed by atoms with Gasteiger partial charge in [-0.25, -0.2) is 19.1 Å². The number of hydrogen-bond donors (Lipinski definition) is 4. The van der Waals surface area contributed by atoms with Crippen LogP contribution in [-0.4, -0.2) is 67.6 Å². The molecule has 13 heteroatoms. The van der Waals surface area contributed by atoms with Crippen molar-refractivity contribution < 1.29 is 32.1 Å². The summed E-state index contributed by atoms with van der Waals surface area (Å²) in [5.74, 6) is 0.127. The Morgan fingerprint density at radius 1 is 1.42 bits per heavy atom. The number of nitrogen functional groups attached to an aromatic ring is 1. The SMILES string of the molecule is C[C@@]1(n2cnc3c(N)ncnc32)O[C@H](COS(=O)(=O)O)[C@@H](O)[C@H]1O. The summed E-state index contributed by atoms with van der Waals surface area (Å²) in [4.78, 5) is 11.9. The molecule has 5 N–H and O–H groups in total. The van der Waals surface area contributed by atoms with Gasteiger partial charge in [0.05, 0.1) is 12.9 Å². The fourth-order valence-corrected chi connectivity index (χ4v) is 2.93. The van der Waals surface area contributed by atoms with E-state index in [0.717, 1.165) is 0 Å². The highest BCUT2D eigenvalue weighted by molar-refractivity contribution is 7.80. The largest absolute Gasteiger partial charge is 0.397 e. The van der Waals surface area contributed by atoms with E-state index in [1.165, 1.54) is 24.1 Å². The molecule has 3 rings (SSSR count). The molecule has 1 aliphatic heterocycles. The van der Waals surface area contributed by atoms with E-state index in [-0.39, 0.29) is 17.0 Å². The van der Waals surface area contributed by atoms with Gasteiger partial charge >= 0.3 is 10.4 Å². The minimum atomic E-state index is -4.71. The number of nitrogens with zero attached hydrogens (tertiary/aromatic N) is 4. The van der Waals surface area contributed by atoms with Crippen molar-refractivity contribution >= 4 is 27.4 Å². The lowest BCUT2D eigenvalue weighted by molar-refractivity contribution is -0.130. The van der Waals surface area contributed by atoms with Crippen LogP contribution < -0.4 is 5.73 Å². The summed E-state index contributed by atoms with van der Waals surface area (Å²) in [7, 11) is -4.71. The molecule has 3 heterocycles. The highest BCUT2D eigenvalue weighted by Gasteiger charge is 2.53. The van der Waals surface area contributed by atoms with Crippen LogP contribution in [0.1, 0.15) is 6.92 Å². The fourth-order valence-electron chi connectivity index (χ4n) is 2.63. The molecule has 0 amide bonds. The van der Waals surface area contributed by atoms with Crippen LogP contribution in [0.5, 0.6) is 0 Å². The zero-order valence-electron chi connectivity index (χ0n) is 12.3. The summed E-state index contributed by atoms with van der Waals surface area (Å²) in [6, 6.07) is 0. The van der Waals surface area contributed by atoms with Gasteiger partial charge in [0.15, 0.2) is 17.2 Å². The van der Waals surface area contributed by atoms with Gasteiger partial charge in [-0.05, 0) is 6.92 Å². The van der Waals surface area contributed by atoms with Gasteiger partial charge in [-0.2, -0.15) is 8.42 Å². The lowest BCUT2D eigenvalue weighted by Gasteiger charge is -2.29. The second-order valence-corrected chi connectivity index (χ2v) is 6.50. The molecule has 0 unspecified atom stereocenters. The van der Waals surface area contributed by atoms with Crippen molar-refractivity contribution in [1.29, 1.82) is 0 Å². The Morgan fingerprint density at radius 2 is 2.12 bits per heavy atom. The van der Waals surface area contributed by atoms with E-state index < -0.39 is 41.0 Å². The first-order valence-corrected chi connectivity index (χ1v) is 8.10. The summed E-state index contributed by atoms with van der Waals surface area (Å²) < 4.78 is 41.1. The molecule has 2 aromatic rings. The third kappa shape index (κ3) is 2.70. The number of aromatic nitrogens is 4. The first-order chi connectivity index (χ1) is 11.1. The van der Waals surface area contributed by atoms with Gasteiger partial charge in [0.25, 0.3) is 0 Å². The minimum absolute atomic E-state index is 0.127. The van der Waals surface area contributed by atoms with E-state index in [1.54, 1.807) is 0 Å². The average Bonchev–Trinajstić information content (AvgIpc) is 3.02. The number of ether oxygens (including phenoxy) is 1. The van der Waals surface area contributed by atoms with Crippen molar-refractivity contribution in [2.45, 2.75) is 31.0 Å². The molecule has 1 fully saturated rings. The van der Waals surface area contributed by atoms with Gasteiger partial charge in [-0.15, -0.1) is 0 Å². The fraction of sp³-hybridized carbons (Fsp3) is 0.545. The monoisotopic (exact) mass is 361 g/mol. The number of rotatable bonds is 4. The van der Waals surface area contributed by atoms with Crippen molar-refractivity contribution in [1.82, 2.24) is 19.5 Å². The lowest BCUT2D eigenvalue weighted by Crippen LogP contribution is -2.43. The number of aliphatic hydroxyl groups is 2. The summed E-state index contributed by atoms with van der Waals surface area (Å²) in [6.45, 7) is 0.768. The Kier molecular flexibility index (Phi) is 3.94. The van der Waals surface area contributed by atoms with E-state index in [1.807, 2.05) is 0 Å². The molecule has 0 aliphatic carbocycles. The van der Waals surface area contributed by atoms with Gasteiger partial charge < -0.3 is 20.7 Å². The van der Waals surface area contributed by atoms with E-state index in [9.17, 15) is 18.6 Å². The second kappa shape index (κ2) is 5.58. The first-order valence-electron chi connectivity index (χ1n) is 6.73. The highest BCUT2D eigenvalue weighted by Crippen LogP contribution is 2.37. The Balaban J connectivity index is 1.95. The zero-order chi connectivity index (χ0) is 17.7. The molecule has 2 aromatic heterocycles. The van der Waals surface area contributed by atoms with E-state index in [2.05, 4.69) is 19.1 Å². The maximum atomic E-state index is 10.7. The Labute approximate surface area is 135 Å². The van der Waals surface area contributed by atoms with Crippen LogP contribution >= 0.6 is 0 Å². The Bertz CT molecular complexity index is 871. The van der Waals surface area contributed by atoms with Crippen LogP contribution in [-0.2, 0) is 25.0 Å². The molecule has 1 saturated heterocycles. The molecular weight excluding hydrogens is 346 g/mol. The number of fused-ring (bicyclic) bond motifs is 1. The topological polar surface area (TPSA) is 183 Å². The van der Waals surface area contributed by atoms with Gasteiger partial charge in [0.2, 0.25) is 0 Å². The molecule has 1 aliphatic rings. The maximum Gasteiger partial charge on any atom is 0.397 e. The smallest absolute Gasteiger partial charge is 0.387 e. The van der Waals surface area contributed by atoms with Gasteiger partial charge in [-0.3, -0.25) is 9.12 Å². The molecule has 12 nitrogen and oxygen atoms in total. The number of aliphatic hydroxyl groups excluding tert-OH is 2. The standard InChI is InChI=1S/C11H15N5O7S/c1-11(16-4-15-6-9(12)13-3-14-10(6)16)8(18)7(17)5(23-11)2-22-24(19,20)21/h3-5,7-8,17-18H,2H2,1H3,(H2,12,13,14)(H,19,20,21)/t5-,7-,8-,11-/m1/s1. The third-order valence-electron chi connectivity index (χ3n) is 3.86. The molecule has 0 aromatic carbocycles. The number of hydrogen-bond acceptors (Lipinski definition) is 10. The summed E-state index contributed by atoms with van der Waals surface area (Å²) in [5, 5.41) is 20.4. The number of anilines is 1. The highest BCUT2D eigenvalue weighted by atomic mass is 32.3. The second-order valence-electron chi connectivity index (χ2n) is 5.40. The van der Waals surface area contributed by atoms with Crippen molar-refractivity contribution in [2.75, 3.05) is 12.3 Å². The predicted molar refractivity (Wildman–Crippen MR) is 77.8 cm³/mol. The van der Waals surface area contributed by atoms with Crippen LogP contribution in [0.3, 0.4) is 0 Å². The molecule has 0 radical (unpaired) electrons. The zero-order valence-corrected chi connectivity index (χ0v) is 13.2. The molecule has 0 spiro atoms. The van der Waals surface area contributed by atoms with Crippen LogP contribution in [0.2, 0.25) is 0 Å². The minimum Gasteiger partial charge on any atom is -0.387 e. The molecule has 24 heavy (non-hydrogen) atoms. The number of imidazole rings is 1. The molecule has 4 atom stereocenters. The van der Waals surface area contributed by atoms with Crippen molar-refractivity contribution in [3.63, 3.8) is 0 Å². The van der Waals surface area contributed by atoms with Crippen molar-refractivity contribution in [3.05, 3.63) is 12.7 Å². The Morgan fingerprint density at radius 3 is 2.79 bits per heavy atom. The third-order valence-corrected chi connectivity index (χ3v) is 4.30. The molecule has 0 bridgehead atoms. The molecular formula is C11H15N5O7S. The van der Waals surface area contributed by atoms with Crippen LogP contribution in [0.15, 0.2) is 12.7 Å². The quantitative estimate of drug-likeness (QED) is 0.443. The van der Waals surface area contributed by atoms with Gasteiger partial charge in [0.1, 0.15) is 30.2 Å². The maximum absolute atomic E-state index is 10.7. The number of nitrogens with two attached hydrogens (primary N) is 1. The van der Waals surface area contributed by atoms with Crippen LogP contribution in [0.4, 0.5) is 5.82 Å². The van der Waals surface area contributed by atoms with E-state index in [0.29, 0.717) is 0 Å². The normalized spacial score (nSPS) is 30.9. The van der Waals surface area contributed by atoms with Crippen LogP contribution in [0.25, 0.3) is 11.2 Å². The van der Waals surface area contributed by atoms with Crippen molar-refractivity contribution in [3.8, 4) is 0 Å². The van der Waals surface area contributed by atoms with Gasteiger partial charge in [-0.1, -0.05) is 0 Å². The van der Waals surface area contributed by atoms with Gasteiger partial charge in [0, 0.05) is 0 Å². The summed E-state index contributed by atoms with van der Waals surface area (Å²) >= 11 is 0. The Hall–Kier alpha value is -1.90. The molecule has 0 saturated carbocycles. The first kappa shape index (κ1) is 16.9. The van der Waals surface area contributed by atoms with E-state index in [4.69, 9.17) is 15.0 Å². The van der Waals surface area contributed by atoms with Crippen LogP contribution in [0, 0.1) is 0 Å².